The first-order chi connectivity index (χ1) is 12.0. The number of carbonyl (C=O) groups excluding carboxylic acids is 1. The van der Waals surface area contributed by atoms with E-state index < -0.39 is 35.4 Å². The van der Waals surface area contributed by atoms with E-state index in [9.17, 15) is 15.0 Å². The molecule has 140 valence electrons. The van der Waals surface area contributed by atoms with Crippen molar-refractivity contribution in [3.63, 3.8) is 0 Å². The van der Waals surface area contributed by atoms with E-state index in [-0.39, 0.29) is 29.5 Å². The lowest BCUT2D eigenvalue weighted by atomic mass is 9.49. The molecular formula is C20H24O6. The molecule has 1 aromatic carbocycles. The predicted octanol–water partition coefficient (Wildman–Crippen LogP) is 0.431. The first-order valence-corrected chi connectivity index (χ1v) is 9.32. The number of ketones is 1. The van der Waals surface area contributed by atoms with Gasteiger partial charge in [-0.3, -0.25) is 4.79 Å². The van der Waals surface area contributed by atoms with Gasteiger partial charge in [0.25, 0.3) is 0 Å². The zero-order valence-corrected chi connectivity index (χ0v) is 14.6. The largest absolute Gasteiger partial charge is 0.412 e. The van der Waals surface area contributed by atoms with E-state index in [1.54, 1.807) is 0 Å². The molecule has 6 aliphatic rings. The molecule has 4 fully saturated rings. The summed E-state index contributed by atoms with van der Waals surface area (Å²) in [6.45, 7) is 2.54. The second-order valence-corrected chi connectivity index (χ2v) is 8.63. The fourth-order valence-electron chi connectivity index (χ4n) is 6.67. The van der Waals surface area contributed by atoms with Crippen molar-refractivity contribution in [1.82, 2.24) is 0 Å². The second-order valence-electron chi connectivity index (χ2n) is 8.63. The van der Waals surface area contributed by atoms with Gasteiger partial charge < -0.3 is 25.2 Å². The smallest absolute Gasteiger partial charge is 0.150 e. The normalized spacial score (nSPS) is 50.0. The molecule has 26 heavy (non-hydrogen) atoms. The van der Waals surface area contributed by atoms with Crippen LogP contribution in [-0.4, -0.2) is 52.0 Å². The summed E-state index contributed by atoms with van der Waals surface area (Å²) in [5.41, 5.74) is 1.09. The van der Waals surface area contributed by atoms with E-state index in [2.05, 4.69) is 13.0 Å². The van der Waals surface area contributed by atoms with Crippen LogP contribution in [0, 0.1) is 11.3 Å². The van der Waals surface area contributed by atoms with E-state index >= 15 is 0 Å². The average Bonchev–Trinajstić information content (AvgIpc) is 3.14. The monoisotopic (exact) mass is 360 g/mol. The van der Waals surface area contributed by atoms with E-state index in [0.717, 1.165) is 12.0 Å². The molecule has 3 aliphatic heterocycles. The fraction of sp³-hybridized carbons (Fsp3) is 0.650. The number of rotatable bonds is 0. The summed E-state index contributed by atoms with van der Waals surface area (Å²) < 4.78 is 12.3. The van der Waals surface area contributed by atoms with Gasteiger partial charge in [-0.25, -0.2) is 0 Å². The molecule has 4 N–H and O–H groups in total. The Hall–Kier alpha value is -1.31. The highest BCUT2D eigenvalue weighted by atomic mass is 16.6. The van der Waals surface area contributed by atoms with Crippen LogP contribution in [0.5, 0.6) is 0 Å². The van der Waals surface area contributed by atoms with Crippen LogP contribution < -0.4 is 0 Å². The number of Topliss-reactive ketones (excluding diaryl/α,β-unsaturated/α-hetero) is 1. The summed E-state index contributed by atoms with van der Waals surface area (Å²) >= 11 is 0. The summed E-state index contributed by atoms with van der Waals surface area (Å²) in [6.07, 6.45) is -1.09. The Kier molecular flexibility index (Phi) is 3.20. The number of carbonyl (C=O) groups is 1. The molecule has 0 amide bonds. The summed E-state index contributed by atoms with van der Waals surface area (Å²) in [4.78, 5) is 13.3. The summed E-state index contributed by atoms with van der Waals surface area (Å²) in [6, 6.07) is 6.17. The van der Waals surface area contributed by atoms with Gasteiger partial charge in [-0.05, 0) is 29.0 Å². The first-order valence-electron chi connectivity index (χ1n) is 9.32. The summed E-state index contributed by atoms with van der Waals surface area (Å²) in [5.74, 6) is 0.148. The van der Waals surface area contributed by atoms with Crippen molar-refractivity contribution in [2.75, 3.05) is 6.61 Å². The highest BCUT2D eigenvalue weighted by Gasteiger charge is 2.77. The second kappa shape index (κ2) is 4.94. The number of hydrogen-bond acceptors (Lipinski definition) is 5. The van der Waals surface area contributed by atoms with Crippen LogP contribution in [0.4, 0.5) is 0 Å². The molecule has 6 nitrogen and oxygen atoms in total. The predicted molar refractivity (Wildman–Crippen MR) is 90.6 cm³/mol. The Bertz CT molecular complexity index is 807. The lowest BCUT2D eigenvalue weighted by Gasteiger charge is -2.63. The van der Waals surface area contributed by atoms with Crippen LogP contribution >= 0.6 is 0 Å². The molecule has 3 aliphatic carbocycles. The minimum Gasteiger partial charge on any atom is -0.412 e. The van der Waals surface area contributed by atoms with Crippen molar-refractivity contribution < 1.29 is 30.0 Å². The van der Waals surface area contributed by atoms with Crippen LogP contribution in [0.1, 0.15) is 48.5 Å². The third kappa shape index (κ3) is 1.52. The molecule has 0 aromatic heterocycles. The number of aliphatic hydroxyl groups excluding tert-OH is 1. The van der Waals surface area contributed by atoms with Crippen molar-refractivity contribution in [1.29, 1.82) is 0 Å². The third-order valence-corrected chi connectivity index (χ3v) is 7.65. The van der Waals surface area contributed by atoms with E-state index in [1.807, 2.05) is 12.1 Å². The van der Waals surface area contributed by atoms with Crippen molar-refractivity contribution in [3.8, 4) is 0 Å². The van der Waals surface area contributed by atoms with Gasteiger partial charge in [0.15, 0.2) is 0 Å². The van der Waals surface area contributed by atoms with E-state index in [1.165, 1.54) is 11.1 Å². The lowest BCUT2D eigenvalue weighted by Crippen LogP contribution is -2.76. The lowest BCUT2D eigenvalue weighted by molar-refractivity contribution is -0.309. The van der Waals surface area contributed by atoms with Gasteiger partial charge in [0, 0.05) is 18.8 Å². The van der Waals surface area contributed by atoms with E-state index in [0.29, 0.717) is 13.0 Å². The topological polar surface area (TPSA) is 107 Å². The quantitative estimate of drug-likeness (QED) is 0.698. The molecule has 2 bridgehead atoms. The highest BCUT2D eigenvalue weighted by molar-refractivity contribution is 5.91. The Morgan fingerprint density at radius 2 is 2.08 bits per heavy atom. The molecule has 7 rings (SSSR count). The standard InChI is InChI=1S/C20H22O5.H2O/c1-9-7-10-3-2-4-11-15(10)14(9)16(22)20-12(21)8-13(25-17(11)20)19(23)5-6-24-18(19)20;/h2-4,9,13-14,16-18,22-23H,5-8H2,1H3;1H2/t9-,13-,14+,16+,17+,18+,19-,20+;/m0./s1. The Labute approximate surface area is 151 Å². The van der Waals surface area contributed by atoms with Crippen LogP contribution in [0.25, 0.3) is 0 Å². The average molecular weight is 360 g/mol. The summed E-state index contributed by atoms with van der Waals surface area (Å²) in [7, 11) is 0. The van der Waals surface area contributed by atoms with Crippen molar-refractivity contribution in [2.45, 2.75) is 62.1 Å². The molecule has 1 saturated carbocycles. The maximum absolute atomic E-state index is 13.3. The third-order valence-electron chi connectivity index (χ3n) is 7.65. The molecule has 3 heterocycles. The zero-order chi connectivity index (χ0) is 17.1. The van der Waals surface area contributed by atoms with Gasteiger partial charge >= 0.3 is 0 Å². The molecule has 6 heteroatoms. The van der Waals surface area contributed by atoms with Crippen molar-refractivity contribution >= 4 is 5.78 Å². The number of aliphatic hydroxyl groups is 2. The number of fused-ring (bicyclic) bond motifs is 1. The van der Waals surface area contributed by atoms with Crippen LogP contribution in [0.2, 0.25) is 0 Å². The fourth-order valence-corrected chi connectivity index (χ4v) is 6.67. The maximum Gasteiger partial charge on any atom is 0.150 e. The van der Waals surface area contributed by atoms with Gasteiger partial charge in [0.2, 0.25) is 0 Å². The van der Waals surface area contributed by atoms with E-state index in [4.69, 9.17) is 9.47 Å². The van der Waals surface area contributed by atoms with Crippen molar-refractivity contribution in [2.24, 2.45) is 11.3 Å². The van der Waals surface area contributed by atoms with Crippen molar-refractivity contribution in [3.05, 3.63) is 34.9 Å². The van der Waals surface area contributed by atoms with Gasteiger partial charge in [-0.15, -0.1) is 0 Å². The van der Waals surface area contributed by atoms with Gasteiger partial charge in [-0.2, -0.15) is 0 Å². The molecule has 8 atom stereocenters. The van der Waals surface area contributed by atoms with Crippen LogP contribution in [-0.2, 0) is 20.7 Å². The SMILES string of the molecule is C[C@H]1Cc2cccc3c2[C@@H]1[C@@H](O)[C@]12C(=O)C[C@H](O[C@H]31)[C@@]1(O)CCO[C@H]12.O. The minimum absolute atomic E-state index is 0. The molecular weight excluding hydrogens is 336 g/mol. The Balaban J connectivity index is 0.00000150. The highest BCUT2D eigenvalue weighted by Crippen LogP contribution is 2.67. The molecule has 0 radical (unpaired) electrons. The first kappa shape index (κ1) is 16.8. The Morgan fingerprint density at radius 3 is 2.88 bits per heavy atom. The van der Waals surface area contributed by atoms with Gasteiger partial charge in [-0.1, -0.05) is 25.1 Å². The Morgan fingerprint density at radius 1 is 1.27 bits per heavy atom. The van der Waals surface area contributed by atoms with Gasteiger partial charge in [0.05, 0.1) is 18.8 Å². The van der Waals surface area contributed by atoms with Crippen LogP contribution in [0.15, 0.2) is 18.2 Å². The number of ether oxygens (including phenoxy) is 2. The van der Waals surface area contributed by atoms with Crippen LogP contribution in [0.3, 0.4) is 0 Å². The zero-order valence-electron chi connectivity index (χ0n) is 14.6. The molecule has 1 spiro atoms. The molecule has 3 saturated heterocycles. The molecule has 1 aromatic rings. The molecule has 0 unspecified atom stereocenters. The summed E-state index contributed by atoms with van der Waals surface area (Å²) in [5, 5.41) is 22.8. The minimum atomic E-state index is -1.19. The number of benzene rings is 1. The number of hydrogen-bond donors (Lipinski definition) is 2. The van der Waals surface area contributed by atoms with Gasteiger partial charge in [0.1, 0.15) is 29.0 Å². The maximum atomic E-state index is 13.3.